The lowest BCUT2D eigenvalue weighted by Gasteiger charge is -2.42. The predicted octanol–water partition coefficient (Wildman–Crippen LogP) is 6.70. The summed E-state index contributed by atoms with van der Waals surface area (Å²) in [7, 11) is 0. The lowest BCUT2D eigenvalue weighted by molar-refractivity contribution is -0.132. The molecule has 1 aliphatic rings. The van der Waals surface area contributed by atoms with E-state index < -0.39 is 18.5 Å². The average molecular weight is 521 g/mol. The molecule has 1 aliphatic carbocycles. The largest absolute Gasteiger partial charge is 0.426 e. The van der Waals surface area contributed by atoms with Gasteiger partial charge in [-0.25, -0.2) is 0 Å². The Morgan fingerprint density at radius 1 is 1.08 bits per heavy atom. The van der Waals surface area contributed by atoms with Gasteiger partial charge in [-0.3, -0.25) is 14.4 Å². The van der Waals surface area contributed by atoms with Crippen molar-refractivity contribution in [1.82, 2.24) is 0 Å². The van der Waals surface area contributed by atoms with Gasteiger partial charge in [0.2, 0.25) is 0 Å². The van der Waals surface area contributed by atoms with Crippen LogP contribution in [-0.2, 0) is 27.4 Å². The number of hydrogen-bond acceptors (Lipinski definition) is 6. The van der Waals surface area contributed by atoms with Gasteiger partial charge in [-0.2, -0.15) is 0 Å². The Labute approximate surface area is 220 Å². The number of benzene rings is 1. The number of esters is 2. The Kier molecular flexibility index (Phi) is 12.1. The summed E-state index contributed by atoms with van der Waals surface area (Å²) in [6, 6.07) is 0. The summed E-state index contributed by atoms with van der Waals surface area (Å²) in [5, 5.41) is 10.1. The van der Waals surface area contributed by atoms with Crippen LogP contribution in [0.5, 0.6) is 11.5 Å². The molecule has 0 amide bonds. The van der Waals surface area contributed by atoms with E-state index in [1.807, 2.05) is 39.8 Å². The third-order valence-corrected chi connectivity index (χ3v) is 7.54. The third kappa shape index (κ3) is 7.30. The first-order valence-corrected chi connectivity index (χ1v) is 12.9. The number of ether oxygens (including phenoxy) is 2. The maximum Gasteiger partial charge on any atom is 0.308 e. The fourth-order valence-electron chi connectivity index (χ4n) is 4.39. The zero-order valence-corrected chi connectivity index (χ0v) is 23.8. The van der Waals surface area contributed by atoms with E-state index in [1.165, 1.54) is 13.8 Å². The van der Waals surface area contributed by atoms with Gasteiger partial charge >= 0.3 is 11.9 Å². The molecule has 0 saturated heterocycles. The number of aliphatic hydroxyl groups excluding tert-OH is 1. The Morgan fingerprint density at radius 2 is 1.64 bits per heavy atom. The molecule has 0 bridgehead atoms. The highest BCUT2D eigenvalue weighted by atomic mass is 35.5. The second-order valence-corrected chi connectivity index (χ2v) is 9.76. The molecule has 1 N–H and O–H groups in total. The zero-order chi connectivity index (χ0) is 27.8. The smallest absolute Gasteiger partial charge is 0.308 e. The van der Waals surface area contributed by atoms with Crippen molar-refractivity contribution in [3.05, 3.63) is 45.5 Å². The quantitative estimate of drug-likeness (QED) is 0.244. The molecule has 200 valence electrons. The van der Waals surface area contributed by atoms with Crippen molar-refractivity contribution in [2.24, 2.45) is 17.3 Å². The minimum atomic E-state index is -0.565. The summed E-state index contributed by atoms with van der Waals surface area (Å²) in [5.41, 5.74) is 1.91. The van der Waals surface area contributed by atoms with E-state index in [4.69, 9.17) is 21.1 Å². The van der Waals surface area contributed by atoms with Crippen LogP contribution in [0.3, 0.4) is 0 Å². The minimum absolute atomic E-state index is 0.0607. The number of Topliss-reactive ketones (excluding diaryl/α,β-unsaturated/α-hetero) is 1. The Balaban J connectivity index is 0.00000316. The van der Waals surface area contributed by atoms with Crippen LogP contribution in [0, 0.1) is 24.2 Å². The van der Waals surface area contributed by atoms with Gasteiger partial charge in [-0.05, 0) is 43.6 Å². The van der Waals surface area contributed by atoms with E-state index in [1.54, 1.807) is 6.92 Å². The van der Waals surface area contributed by atoms with Gasteiger partial charge in [-0.1, -0.05) is 70.0 Å². The van der Waals surface area contributed by atoms with Crippen molar-refractivity contribution < 1.29 is 29.0 Å². The fraction of sp³-hybridized carbons (Fsp3) is 0.552. The summed E-state index contributed by atoms with van der Waals surface area (Å²) < 4.78 is 10.8. The van der Waals surface area contributed by atoms with Gasteiger partial charge in [0.1, 0.15) is 11.5 Å². The number of carbonyl (C=O) groups is 3. The van der Waals surface area contributed by atoms with E-state index in [-0.39, 0.29) is 40.1 Å². The maximum atomic E-state index is 12.3. The molecule has 36 heavy (non-hydrogen) atoms. The summed E-state index contributed by atoms with van der Waals surface area (Å²) in [4.78, 5) is 35.9. The molecule has 0 spiro atoms. The maximum absolute atomic E-state index is 12.3. The standard InChI is InChI=1S/C27H35ClO6.C2H6/c1-15(12-13-27(7)16(2)9-11-23(32)18(27)4)8-10-21-25(33-19(5)30)22(14-29)17(3)24(28)26(21)34-20(6)31;1-2/h8,12-13,16,18,29H,9-11,14H2,1-7H3;1-2H3/b13-12+,15-8+;. The van der Waals surface area contributed by atoms with Crippen molar-refractivity contribution in [3.8, 4) is 11.5 Å². The van der Waals surface area contributed by atoms with Crippen LogP contribution in [0.4, 0.5) is 0 Å². The van der Waals surface area contributed by atoms with Gasteiger partial charge < -0.3 is 14.6 Å². The predicted molar refractivity (Wildman–Crippen MR) is 143 cm³/mol. The number of aliphatic hydroxyl groups is 1. The van der Waals surface area contributed by atoms with Crippen molar-refractivity contribution in [2.75, 3.05) is 0 Å². The average Bonchev–Trinajstić information content (AvgIpc) is 2.83. The van der Waals surface area contributed by atoms with Gasteiger partial charge in [0, 0.05) is 37.3 Å². The normalized spacial score (nSPS) is 22.2. The molecule has 3 unspecified atom stereocenters. The number of carbonyl (C=O) groups excluding carboxylic acids is 3. The molecule has 1 saturated carbocycles. The summed E-state index contributed by atoms with van der Waals surface area (Å²) in [5.74, 6) is -0.271. The molecular weight excluding hydrogens is 480 g/mol. The third-order valence-electron chi connectivity index (χ3n) is 7.09. The van der Waals surface area contributed by atoms with Crippen molar-refractivity contribution in [1.29, 1.82) is 0 Å². The van der Waals surface area contributed by atoms with Crippen LogP contribution in [-0.4, -0.2) is 22.8 Å². The van der Waals surface area contributed by atoms with Gasteiger partial charge in [0.25, 0.3) is 0 Å². The van der Waals surface area contributed by atoms with Crippen LogP contribution < -0.4 is 9.47 Å². The summed E-state index contributed by atoms with van der Waals surface area (Å²) >= 11 is 6.48. The fourth-order valence-corrected chi connectivity index (χ4v) is 4.66. The topological polar surface area (TPSA) is 89.9 Å². The van der Waals surface area contributed by atoms with Gasteiger partial charge in [0.05, 0.1) is 11.6 Å². The van der Waals surface area contributed by atoms with E-state index >= 15 is 0 Å². The minimum Gasteiger partial charge on any atom is -0.426 e. The van der Waals surface area contributed by atoms with Crippen LogP contribution in [0.2, 0.25) is 5.02 Å². The molecule has 7 heteroatoms. The lowest BCUT2D eigenvalue weighted by Crippen LogP contribution is -2.40. The molecule has 0 aromatic heterocycles. The molecule has 0 aliphatic heterocycles. The van der Waals surface area contributed by atoms with E-state index in [9.17, 15) is 19.5 Å². The first kappa shape index (κ1) is 31.6. The van der Waals surface area contributed by atoms with Gasteiger partial charge in [-0.15, -0.1) is 0 Å². The SMILES string of the molecule is CC.CC(=O)Oc1c(Cl)c(C)c(CO)c(OC(C)=O)c1C/C=C(C)/C=C/C1(C)C(C)CCC(=O)C1C. The molecule has 1 aromatic carbocycles. The first-order chi connectivity index (χ1) is 16.8. The van der Waals surface area contributed by atoms with Gasteiger partial charge in [0.15, 0.2) is 5.75 Å². The van der Waals surface area contributed by atoms with Crippen LogP contribution in [0.15, 0.2) is 23.8 Å². The second-order valence-electron chi connectivity index (χ2n) is 9.38. The highest BCUT2D eigenvalue weighted by Crippen LogP contribution is 2.45. The van der Waals surface area contributed by atoms with Crippen LogP contribution in [0.25, 0.3) is 0 Å². The summed E-state index contributed by atoms with van der Waals surface area (Å²) in [6.45, 7) is 16.0. The Hall–Kier alpha value is -2.44. The Bertz CT molecular complexity index is 1040. The highest BCUT2D eigenvalue weighted by Gasteiger charge is 2.41. The second kappa shape index (κ2) is 13.8. The number of allylic oxidation sites excluding steroid dienone is 4. The number of rotatable bonds is 7. The number of halogens is 1. The molecule has 0 heterocycles. The van der Waals surface area contributed by atoms with Crippen molar-refractivity contribution >= 4 is 29.3 Å². The lowest BCUT2D eigenvalue weighted by atomic mass is 9.61. The van der Waals surface area contributed by atoms with E-state index in [0.29, 0.717) is 29.0 Å². The molecule has 1 aromatic rings. The molecule has 0 radical (unpaired) electrons. The summed E-state index contributed by atoms with van der Waals surface area (Å²) in [6.07, 6.45) is 7.74. The zero-order valence-electron chi connectivity index (χ0n) is 23.1. The molecule has 1 fully saturated rings. The van der Waals surface area contributed by atoms with E-state index in [2.05, 4.69) is 19.9 Å². The monoisotopic (exact) mass is 520 g/mol. The molecule has 6 nitrogen and oxygen atoms in total. The number of ketones is 1. The molecular formula is C29H41ClO6. The number of hydrogen-bond donors (Lipinski definition) is 1. The van der Waals surface area contributed by atoms with E-state index in [0.717, 1.165) is 12.0 Å². The molecule has 3 atom stereocenters. The van der Waals surface area contributed by atoms with Crippen LogP contribution >= 0.6 is 11.6 Å². The Morgan fingerprint density at radius 3 is 2.17 bits per heavy atom. The highest BCUT2D eigenvalue weighted by molar-refractivity contribution is 6.33. The van der Waals surface area contributed by atoms with Crippen molar-refractivity contribution in [2.45, 2.75) is 88.2 Å². The van der Waals surface area contributed by atoms with Crippen LogP contribution in [0.1, 0.15) is 84.9 Å². The molecule has 2 rings (SSSR count). The first-order valence-electron chi connectivity index (χ1n) is 12.5. The van der Waals surface area contributed by atoms with Crippen molar-refractivity contribution in [3.63, 3.8) is 0 Å².